The molecule has 0 spiro atoms. The summed E-state index contributed by atoms with van der Waals surface area (Å²) in [7, 11) is 0. The minimum absolute atomic E-state index is 0.537. The molecule has 0 amide bonds. The summed E-state index contributed by atoms with van der Waals surface area (Å²) >= 11 is 0. The second-order valence-corrected chi connectivity index (χ2v) is 12.9. The molecule has 0 atom stereocenters. The molecule has 0 N–H and O–H groups in total. The van der Waals surface area contributed by atoms with E-state index in [1.165, 1.54) is 5.56 Å². The Hall–Kier alpha value is -7.31. The van der Waals surface area contributed by atoms with E-state index in [0.29, 0.717) is 22.9 Å². The first-order valence-electron chi connectivity index (χ1n) is 17.5. The highest BCUT2D eigenvalue weighted by molar-refractivity contribution is 6.06. The van der Waals surface area contributed by atoms with Crippen molar-refractivity contribution in [1.29, 1.82) is 0 Å². The molecular formula is C47H29N5O. The van der Waals surface area contributed by atoms with Crippen LogP contribution in [0.15, 0.2) is 180 Å². The number of nitrogens with zero attached hydrogens (tertiary/aromatic N) is 5. The van der Waals surface area contributed by atoms with E-state index < -0.39 is 0 Å². The van der Waals surface area contributed by atoms with Gasteiger partial charge in [0.2, 0.25) is 5.71 Å². The molecule has 248 valence electrons. The number of pyridine rings is 1. The maximum absolute atomic E-state index is 6.29. The normalized spacial score (nSPS) is 11.4. The third kappa shape index (κ3) is 5.69. The van der Waals surface area contributed by atoms with Crippen LogP contribution in [0.3, 0.4) is 0 Å². The Bertz CT molecular complexity index is 2920. The van der Waals surface area contributed by atoms with Gasteiger partial charge < -0.3 is 4.42 Å². The van der Waals surface area contributed by atoms with E-state index in [4.69, 9.17) is 24.4 Å². The summed E-state index contributed by atoms with van der Waals surface area (Å²) < 4.78 is 6.29. The average Bonchev–Trinajstić information content (AvgIpc) is 3.62. The maximum atomic E-state index is 6.29. The molecule has 4 aromatic heterocycles. The lowest BCUT2D eigenvalue weighted by Gasteiger charge is -2.11. The predicted octanol–water partition coefficient (Wildman–Crippen LogP) is 11.7. The number of rotatable bonds is 6. The Balaban J connectivity index is 1.07. The van der Waals surface area contributed by atoms with Crippen molar-refractivity contribution >= 4 is 33.0 Å². The van der Waals surface area contributed by atoms with Gasteiger partial charge in [0.25, 0.3) is 0 Å². The molecule has 0 saturated heterocycles. The zero-order valence-electron chi connectivity index (χ0n) is 28.4. The van der Waals surface area contributed by atoms with Crippen LogP contribution in [0.25, 0.3) is 101 Å². The van der Waals surface area contributed by atoms with E-state index in [-0.39, 0.29) is 0 Å². The average molecular weight is 680 g/mol. The van der Waals surface area contributed by atoms with Crippen LogP contribution < -0.4 is 0 Å². The molecule has 10 aromatic rings. The van der Waals surface area contributed by atoms with Gasteiger partial charge in [0.15, 0.2) is 17.2 Å². The molecule has 0 aliphatic rings. The monoisotopic (exact) mass is 679 g/mol. The lowest BCUT2D eigenvalue weighted by atomic mass is 10.0. The Morgan fingerprint density at radius 1 is 0.377 bits per heavy atom. The van der Waals surface area contributed by atoms with E-state index in [1.54, 1.807) is 6.20 Å². The SMILES string of the molecule is c1ccc(-c2ccc(-c3cc(-c4ccc(-c5nc(-c6ccc7ccccc7c6)c6oc7ncccc7c6n5)cc4)nc(-c4ccccc4)n3)cc2)cc1. The molecule has 0 fully saturated rings. The fourth-order valence-corrected chi connectivity index (χ4v) is 6.85. The first-order valence-corrected chi connectivity index (χ1v) is 17.5. The molecule has 10 rings (SSSR count). The summed E-state index contributed by atoms with van der Waals surface area (Å²) in [6.45, 7) is 0. The van der Waals surface area contributed by atoms with Gasteiger partial charge in [0, 0.05) is 34.0 Å². The smallest absolute Gasteiger partial charge is 0.229 e. The standard InChI is InChI=1S/C47H29N5O/c1-3-10-30(11-4-1)32-17-20-33(21-18-32)40-29-41(50-45(49-40)35-13-5-2-6-14-35)34-22-24-36(25-23-34)46-51-42(38-26-19-31-12-7-8-15-37(31)28-38)44-43(52-46)39-16-9-27-48-47(39)53-44/h1-29H. The topological polar surface area (TPSA) is 77.6 Å². The van der Waals surface area contributed by atoms with Crippen molar-refractivity contribution in [1.82, 2.24) is 24.9 Å². The number of benzene rings is 6. The molecule has 0 radical (unpaired) electrons. The predicted molar refractivity (Wildman–Crippen MR) is 213 cm³/mol. The van der Waals surface area contributed by atoms with E-state index in [2.05, 4.69) is 114 Å². The molecule has 0 bridgehead atoms. The Morgan fingerprint density at radius 2 is 0.925 bits per heavy atom. The molecule has 0 unspecified atom stereocenters. The highest BCUT2D eigenvalue weighted by atomic mass is 16.3. The molecule has 53 heavy (non-hydrogen) atoms. The molecule has 0 aliphatic heterocycles. The van der Waals surface area contributed by atoms with Gasteiger partial charge in [-0.2, -0.15) is 0 Å². The fourth-order valence-electron chi connectivity index (χ4n) is 6.85. The van der Waals surface area contributed by atoms with Crippen molar-refractivity contribution in [3.05, 3.63) is 176 Å². The summed E-state index contributed by atoms with van der Waals surface area (Å²) in [4.78, 5) is 24.7. The number of fused-ring (bicyclic) bond motifs is 4. The van der Waals surface area contributed by atoms with Crippen LogP contribution in [0.2, 0.25) is 0 Å². The lowest BCUT2D eigenvalue weighted by molar-refractivity contribution is 0.652. The van der Waals surface area contributed by atoms with Crippen LogP contribution in [-0.4, -0.2) is 24.9 Å². The lowest BCUT2D eigenvalue weighted by Crippen LogP contribution is -1.96. The van der Waals surface area contributed by atoms with Crippen LogP contribution in [0.1, 0.15) is 0 Å². The number of hydrogen-bond donors (Lipinski definition) is 0. The van der Waals surface area contributed by atoms with Crippen LogP contribution in [0.5, 0.6) is 0 Å². The van der Waals surface area contributed by atoms with E-state index in [9.17, 15) is 0 Å². The van der Waals surface area contributed by atoms with Crippen LogP contribution in [0, 0.1) is 0 Å². The third-order valence-electron chi connectivity index (χ3n) is 9.60. The molecule has 0 saturated carbocycles. The van der Waals surface area contributed by atoms with Crippen molar-refractivity contribution in [2.75, 3.05) is 0 Å². The van der Waals surface area contributed by atoms with Crippen molar-refractivity contribution < 1.29 is 4.42 Å². The van der Waals surface area contributed by atoms with Crippen molar-refractivity contribution in [2.24, 2.45) is 0 Å². The van der Waals surface area contributed by atoms with Gasteiger partial charge in [-0.05, 0) is 46.2 Å². The fraction of sp³-hybridized carbons (Fsp3) is 0. The summed E-state index contributed by atoms with van der Waals surface area (Å²) in [5.41, 5.74) is 11.4. The molecule has 6 aromatic carbocycles. The second kappa shape index (κ2) is 12.8. The minimum atomic E-state index is 0.537. The largest absolute Gasteiger partial charge is 0.434 e. The van der Waals surface area contributed by atoms with Crippen molar-refractivity contribution in [3.63, 3.8) is 0 Å². The van der Waals surface area contributed by atoms with Gasteiger partial charge in [-0.1, -0.05) is 146 Å². The van der Waals surface area contributed by atoms with Crippen LogP contribution in [-0.2, 0) is 0 Å². The van der Waals surface area contributed by atoms with Crippen LogP contribution >= 0.6 is 0 Å². The third-order valence-corrected chi connectivity index (χ3v) is 9.60. The molecular weight excluding hydrogens is 651 g/mol. The number of hydrogen-bond acceptors (Lipinski definition) is 6. The van der Waals surface area contributed by atoms with Gasteiger partial charge in [-0.3, -0.25) is 0 Å². The highest BCUT2D eigenvalue weighted by Gasteiger charge is 2.19. The van der Waals surface area contributed by atoms with Crippen molar-refractivity contribution in [3.8, 4) is 67.7 Å². The Morgan fingerprint density at radius 3 is 1.64 bits per heavy atom. The second-order valence-electron chi connectivity index (χ2n) is 12.9. The Labute approximate surface area is 305 Å². The van der Waals surface area contributed by atoms with E-state index >= 15 is 0 Å². The van der Waals surface area contributed by atoms with Gasteiger partial charge in [-0.15, -0.1) is 0 Å². The van der Waals surface area contributed by atoms with Gasteiger partial charge in [0.05, 0.1) is 16.8 Å². The first-order chi connectivity index (χ1) is 26.2. The quantitative estimate of drug-likeness (QED) is 0.174. The number of aromatic nitrogens is 5. The summed E-state index contributed by atoms with van der Waals surface area (Å²) in [5, 5.41) is 3.14. The zero-order chi connectivity index (χ0) is 35.1. The molecule has 0 aliphatic carbocycles. The van der Waals surface area contributed by atoms with Gasteiger partial charge >= 0.3 is 0 Å². The number of furan rings is 1. The van der Waals surface area contributed by atoms with E-state index in [1.807, 2.05) is 60.7 Å². The van der Waals surface area contributed by atoms with E-state index in [0.717, 1.165) is 72.1 Å². The van der Waals surface area contributed by atoms with Crippen molar-refractivity contribution in [2.45, 2.75) is 0 Å². The highest BCUT2D eigenvalue weighted by Crippen LogP contribution is 2.36. The van der Waals surface area contributed by atoms with Gasteiger partial charge in [0.1, 0.15) is 11.2 Å². The first kappa shape index (κ1) is 30.5. The van der Waals surface area contributed by atoms with Gasteiger partial charge in [-0.25, -0.2) is 24.9 Å². The molecule has 6 nitrogen and oxygen atoms in total. The molecule has 4 heterocycles. The zero-order valence-corrected chi connectivity index (χ0v) is 28.4. The molecule has 6 heteroatoms. The Kier molecular flexibility index (Phi) is 7.36. The summed E-state index contributed by atoms with van der Waals surface area (Å²) in [6.07, 6.45) is 1.73. The minimum Gasteiger partial charge on any atom is -0.434 e. The summed E-state index contributed by atoms with van der Waals surface area (Å²) in [6, 6.07) is 57.9. The van der Waals surface area contributed by atoms with Crippen LogP contribution in [0.4, 0.5) is 0 Å². The maximum Gasteiger partial charge on any atom is 0.229 e. The summed E-state index contributed by atoms with van der Waals surface area (Å²) in [5.74, 6) is 1.27.